The third kappa shape index (κ3) is 26.8. The van der Waals surface area contributed by atoms with Crippen molar-refractivity contribution in [2.45, 2.75) is 194 Å². The summed E-state index contributed by atoms with van der Waals surface area (Å²) < 4.78 is 13.1. The molecular weight excluding hydrogens is 623 g/mol. The molecule has 47 heavy (non-hydrogen) atoms. The van der Waals surface area contributed by atoms with Gasteiger partial charge in [0, 0.05) is 31.7 Å². The fraction of sp³-hybridized carbons (Fsp3) is 1.00. The molecule has 0 aromatic heterocycles. The van der Waals surface area contributed by atoms with Crippen molar-refractivity contribution < 1.29 is 9.47 Å². The van der Waals surface area contributed by atoms with Crippen molar-refractivity contribution in [2.24, 2.45) is 5.41 Å². The van der Waals surface area contributed by atoms with Crippen LogP contribution in [0.2, 0.25) is 0 Å². The Labute approximate surface area is 307 Å². The first-order chi connectivity index (χ1) is 22.3. The molecule has 0 saturated carbocycles. The van der Waals surface area contributed by atoms with Gasteiger partial charge in [0.15, 0.2) is 0 Å². The van der Waals surface area contributed by atoms with Crippen LogP contribution in [-0.4, -0.2) is 75.5 Å². The van der Waals surface area contributed by atoms with E-state index in [0.717, 1.165) is 39.5 Å². The molecule has 0 atom stereocenters. The van der Waals surface area contributed by atoms with Crippen LogP contribution in [0.1, 0.15) is 194 Å². The van der Waals surface area contributed by atoms with E-state index in [9.17, 15) is 0 Å². The second kappa shape index (κ2) is 34.9. The second-order valence-electron chi connectivity index (χ2n) is 15.3. The van der Waals surface area contributed by atoms with Gasteiger partial charge >= 0.3 is 0 Å². The van der Waals surface area contributed by atoms with Gasteiger partial charge in [-0.05, 0) is 64.7 Å². The van der Waals surface area contributed by atoms with Gasteiger partial charge in [0.05, 0.1) is 13.2 Å². The highest BCUT2D eigenvalue weighted by atomic mass is 35.5. The van der Waals surface area contributed by atoms with Gasteiger partial charge in [-0.1, -0.05) is 155 Å². The van der Waals surface area contributed by atoms with Crippen molar-refractivity contribution in [2.75, 3.05) is 65.7 Å². The van der Waals surface area contributed by atoms with Crippen LogP contribution >= 0.6 is 24.8 Å². The first-order valence-corrected chi connectivity index (χ1v) is 20.9. The van der Waals surface area contributed by atoms with Gasteiger partial charge in [-0.15, -0.1) is 24.8 Å². The monoisotopic (exact) mass is 707 g/mol. The normalized spacial score (nSPS) is 15.7. The summed E-state index contributed by atoms with van der Waals surface area (Å²) in [6.07, 6.45) is 39.0. The standard InChI is InChI=1S/C41H82N2O2.2ClH/c1-3-5-7-9-11-13-15-17-19-21-23-29-35-44-39-41(37-42-31-25-26-32-42,38-43-33-27-28-34-43)40-45-36-30-24-22-20-18-16-14-12-10-8-6-4-2;;/h3-40H2,1-2H3;2*1H. The lowest BCUT2D eigenvalue weighted by Gasteiger charge is -2.39. The Kier molecular flexibility index (Phi) is 35.2. The summed E-state index contributed by atoms with van der Waals surface area (Å²) in [6, 6.07) is 0. The molecule has 2 rings (SSSR count). The number of rotatable bonds is 34. The van der Waals surface area contributed by atoms with Crippen molar-refractivity contribution in [1.29, 1.82) is 0 Å². The van der Waals surface area contributed by atoms with Crippen LogP contribution in [0, 0.1) is 5.41 Å². The molecule has 0 spiro atoms. The summed E-state index contributed by atoms with van der Waals surface area (Å²) in [5, 5.41) is 0. The lowest BCUT2D eigenvalue weighted by molar-refractivity contribution is -0.0526. The van der Waals surface area contributed by atoms with E-state index in [1.165, 1.54) is 206 Å². The topological polar surface area (TPSA) is 24.9 Å². The quantitative estimate of drug-likeness (QED) is 0.0622. The Hall–Kier alpha value is 0.420. The maximum absolute atomic E-state index is 6.55. The predicted octanol–water partition coefficient (Wildman–Crippen LogP) is 12.4. The molecule has 0 amide bonds. The zero-order valence-corrected chi connectivity index (χ0v) is 33.5. The lowest BCUT2D eigenvalue weighted by Crippen LogP contribution is -2.50. The highest BCUT2D eigenvalue weighted by Crippen LogP contribution is 2.27. The smallest absolute Gasteiger partial charge is 0.0569 e. The predicted molar refractivity (Wildman–Crippen MR) is 212 cm³/mol. The molecular formula is C41H84Cl2N2O2. The lowest BCUT2D eigenvalue weighted by atomic mass is 9.88. The molecule has 0 aromatic rings. The van der Waals surface area contributed by atoms with Gasteiger partial charge in [-0.25, -0.2) is 0 Å². The Balaban J connectivity index is 0.0000106. The highest BCUT2D eigenvalue weighted by molar-refractivity contribution is 5.85. The van der Waals surface area contributed by atoms with E-state index in [1.807, 2.05) is 0 Å². The number of unbranched alkanes of at least 4 members (excludes halogenated alkanes) is 22. The Morgan fingerprint density at radius 1 is 0.383 bits per heavy atom. The molecule has 2 heterocycles. The van der Waals surface area contributed by atoms with E-state index >= 15 is 0 Å². The van der Waals surface area contributed by atoms with Crippen LogP contribution in [0.15, 0.2) is 0 Å². The highest BCUT2D eigenvalue weighted by Gasteiger charge is 2.36. The van der Waals surface area contributed by atoms with Crippen LogP contribution in [0.4, 0.5) is 0 Å². The van der Waals surface area contributed by atoms with Crippen LogP contribution < -0.4 is 0 Å². The summed E-state index contributed by atoms with van der Waals surface area (Å²) in [4.78, 5) is 5.44. The number of halogens is 2. The van der Waals surface area contributed by atoms with E-state index in [1.54, 1.807) is 0 Å². The first kappa shape index (κ1) is 47.4. The molecule has 0 unspecified atom stereocenters. The molecule has 0 aromatic carbocycles. The summed E-state index contributed by atoms with van der Waals surface area (Å²) in [5.74, 6) is 0. The molecule has 2 saturated heterocycles. The van der Waals surface area contributed by atoms with Gasteiger partial charge in [-0.2, -0.15) is 0 Å². The number of likely N-dealkylation sites (tertiary alicyclic amines) is 2. The van der Waals surface area contributed by atoms with E-state index in [4.69, 9.17) is 9.47 Å². The van der Waals surface area contributed by atoms with Gasteiger partial charge in [0.25, 0.3) is 0 Å². The number of hydrogen-bond acceptors (Lipinski definition) is 4. The second-order valence-corrected chi connectivity index (χ2v) is 15.3. The third-order valence-electron chi connectivity index (χ3n) is 10.6. The van der Waals surface area contributed by atoms with Crippen LogP contribution in [-0.2, 0) is 9.47 Å². The molecule has 0 bridgehead atoms. The largest absolute Gasteiger partial charge is 0.381 e. The Bertz CT molecular complexity index is 562. The van der Waals surface area contributed by atoms with Crippen LogP contribution in [0.25, 0.3) is 0 Å². The molecule has 0 N–H and O–H groups in total. The Morgan fingerprint density at radius 3 is 0.915 bits per heavy atom. The van der Waals surface area contributed by atoms with Crippen molar-refractivity contribution in [3.63, 3.8) is 0 Å². The molecule has 6 heteroatoms. The van der Waals surface area contributed by atoms with E-state index < -0.39 is 0 Å². The average Bonchev–Trinajstić information content (AvgIpc) is 3.76. The zero-order valence-electron chi connectivity index (χ0n) is 31.9. The minimum absolute atomic E-state index is 0. The van der Waals surface area contributed by atoms with E-state index in [0.29, 0.717) is 0 Å². The van der Waals surface area contributed by atoms with Gasteiger partial charge < -0.3 is 19.3 Å². The summed E-state index contributed by atoms with van der Waals surface area (Å²) in [7, 11) is 0. The van der Waals surface area contributed by atoms with Crippen molar-refractivity contribution in [3.8, 4) is 0 Å². The van der Waals surface area contributed by atoms with Gasteiger partial charge in [-0.3, -0.25) is 0 Å². The van der Waals surface area contributed by atoms with Gasteiger partial charge in [0.2, 0.25) is 0 Å². The maximum atomic E-state index is 6.55. The molecule has 0 radical (unpaired) electrons. The molecule has 0 aliphatic carbocycles. The maximum Gasteiger partial charge on any atom is 0.0569 e. The van der Waals surface area contributed by atoms with Crippen molar-refractivity contribution >= 4 is 24.8 Å². The van der Waals surface area contributed by atoms with Crippen LogP contribution in [0.5, 0.6) is 0 Å². The van der Waals surface area contributed by atoms with E-state index in [-0.39, 0.29) is 30.2 Å². The minimum atomic E-state index is 0. The van der Waals surface area contributed by atoms with Crippen molar-refractivity contribution in [1.82, 2.24) is 9.80 Å². The first-order valence-electron chi connectivity index (χ1n) is 20.9. The van der Waals surface area contributed by atoms with Crippen molar-refractivity contribution in [3.05, 3.63) is 0 Å². The zero-order chi connectivity index (χ0) is 31.9. The third-order valence-corrected chi connectivity index (χ3v) is 10.6. The van der Waals surface area contributed by atoms with Gasteiger partial charge in [0.1, 0.15) is 0 Å². The SMILES string of the molecule is CCCCCCCCCCCCCCOCC(COCCCCCCCCCCCCCC)(CN1CCCC1)CN1CCCC1.Cl.Cl. The summed E-state index contributed by atoms with van der Waals surface area (Å²) in [5.41, 5.74) is 0.114. The Morgan fingerprint density at radius 2 is 0.638 bits per heavy atom. The average molecular weight is 708 g/mol. The number of hydrogen-bond donors (Lipinski definition) is 0. The number of nitrogens with zero attached hydrogens (tertiary/aromatic N) is 2. The van der Waals surface area contributed by atoms with Crippen LogP contribution in [0.3, 0.4) is 0 Å². The summed E-state index contributed by atoms with van der Waals surface area (Å²) in [6.45, 7) is 15.6. The summed E-state index contributed by atoms with van der Waals surface area (Å²) >= 11 is 0. The molecule has 2 aliphatic heterocycles. The number of ether oxygens (including phenoxy) is 2. The molecule has 2 aliphatic rings. The molecule has 4 nitrogen and oxygen atoms in total. The fourth-order valence-corrected chi connectivity index (χ4v) is 7.77. The fourth-order valence-electron chi connectivity index (χ4n) is 7.77. The molecule has 2 fully saturated rings. The molecule has 284 valence electrons. The minimum Gasteiger partial charge on any atom is -0.381 e. The van der Waals surface area contributed by atoms with E-state index in [2.05, 4.69) is 23.6 Å².